The molecule has 3 aromatic rings. The van der Waals surface area contributed by atoms with Gasteiger partial charge in [-0.05, 0) is 66.8 Å². The molecule has 1 fully saturated rings. The van der Waals surface area contributed by atoms with Crippen molar-refractivity contribution in [1.29, 1.82) is 0 Å². The summed E-state index contributed by atoms with van der Waals surface area (Å²) in [4.78, 5) is 0. The maximum atomic E-state index is 14.9. The van der Waals surface area contributed by atoms with Crippen molar-refractivity contribution in [2.24, 2.45) is 11.8 Å². The number of halogens is 5. The van der Waals surface area contributed by atoms with Crippen LogP contribution in [-0.4, -0.2) is 6.61 Å². The highest BCUT2D eigenvalue weighted by molar-refractivity contribution is 5.89. The lowest BCUT2D eigenvalue weighted by Gasteiger charge is -2.25. The number of benzene rings is 3. The third kappa shape index (κ3) is 5.35. The molecule has 3 aromatic carbocycles. The number of fused-ring (bicyclic) bond motifs is 1. The number of ether oxygens (including phenoxy) is 1. The summed E-state index contributed by atoms with van der Waals surface area (Å²) in [7, 11) is 0. The van der Waals surface area contributed by atoms with E-state index in [0.717, 1.165) is 37.7 Å². The predicted molar refractivity (Wildman–Crippen MR) is 123 cm³/mol. The second-order valence-corrected chi connectivity index (χ2v) is 8.78. The monoisotopic (exact) mass is 472 g/mol. The van der Waals surface area contributed by atoms with Gasteiger partial charge in [-0.25, -0.2) is 13.2 Å². The smallest absolute Gasteiger partial charge is 0.387 e. The summed E-state index contributed by atoms with van der Waals surface area (Å²) in [5, 5.41) is 0.317. The fraction of sp³-hybridized carbons (Fsp3) is 0.357. The number of hydrogen-bond acceptors (Lipinski definition) is 1. The molecule has 1 nitrogen and oxygen atoms in total. The Hall–Kier alpha value is -3.07. The first kappa shape index (κ1) is 24.1. The first-order chi connectivity index (χ1) is 16.4. The van der Waals surface area contributed by atoms with Gasteiger partial charge in [0.2, 0.25) is 0 Å². The molecule has 0 saturated heterocycles. The van der Waals surface area contributed by atoms with E-state index in [1.165, 1.54) is 49.2 Å². The topological polar surface area (TPSA) is 9.23 Å². The zero-order valence-corrected chi connectivity index (χ0v) is 18.8. The SMILES string of the molecule is CCCC1CCC(C#Cc2cc(F)c(-c3ccc4c(F)c(OC(F)F)ccc4c3)c(F)c2)CC1. The second kappa shape index (κ2) is 10.5. The summed E-state index contributed by atoms with van der Waals surface area (Å²) in [6.07, 6.45) is 6.74. The van der Waals surface area contributed by atoms with Crippen molar-refractivity contribution in [2.75, 3.05) is 0 Å². The zero-order chi connectivity index (χ0) is 24.2. The van der Waals surface area contributed by atoms with Crippen LogP contribution >= 0.6 is 0 Å². The van der Waals surface area contributed by atoms with Gasteiger partial charge in [-0.1, -0.05) is 49.8 Å². The average molecular weight is 472 g/mol. The van der Waals surface area contributed by atoms with Crippen molar-refractivity contribution in [3.8, 4) is 28.7 Å². The molecule has 0 unspecified atom stereocenters. The molecule has 0 amide bonds. The van der Waals surface area contributed by atoms with E-state index in [2.05, 4.69) is 23.5 Å². The van der Waals surface area contributed by atoms with Gasteiger partial charge in [0, 0.05) is 16.9 Å². The summed E-state index contributed by atoms with van der Waals surface area (Å²) in [5.74, 6) is 4.02. The van der Waals surface area contributed by atoms with E-state index >= 15 is 0 Å². The standard InChI is InChI=1S/C28H25F5O/c1-2-3-17-4-6-18(7-5-17)8-9-19-14-23(29)26(24(30)15-19)21-10-12-22-20(16-21)11-13-25(27(22)31)34-28(32)33/h10-18,28H,2-7H2,1H3. The summed E-state index contributed by atoms with van der Waals surface area (Å²) >= 11 is 0. The summed E-state index contributed by atoms with van der Waals surface area (Å²) < 4.78 is 73.3. The van der Waals surface area contributed by atoms with Crippen LogP contribution < -0.4 is 4.74 Å². The molecule has 0 spiro atoms. The first-order valence-electron chi connectivity index (χ1n) is 11.5. The van der Waals surface area contributed by atoms with Crippen molar-refractivity contribution in [2.45, 2.75) is 52.1 Å². The summed E-state index contributed by atoms with van der Waals surface area (Å²) in [5.41, 5.74) is 0.231. The largest absolute Gasteiger partial charge is 0.432 e. The number of alkyl halides is 2. The molecule has 34 heavy (non-hydrogen) atoms. The van der Waals surface area contributed by atoms with E-state index in [0.29, 0.717) is 5.39 Å². The first-order valence-corrected chi connectivity index (χ1v) is 11.5. The lowest BCUT2D eigenvalue weighted by molar-refractivity contribution is -0.0520. The minimum absolute atomic E-state index is 0.0128. The number of hydrogen-bond donors (Lipinski definition) is 0. The number of rotatable bonds is 5. The van der Waals surface area contributed by atoms with Crippen LogP contribution in [0.25, 0.3) is 21.9 Å². The molecule has 0 N–H and O–H groups in total. The molecule has 0 bridgehead atoms. The van der Waals surface area contributed by atoms with E-state index in [1.807, 2.05) is 0 Å². The van der Waals surface area contributed by atoms with E-state index in [4.69, 9.17) is 0 Å². The Morgan fingerprint density at radius 2 is 1.65 bits per heavy atom. The fourth-order valence-corrected chi connectivity index (χ4v) is 4.72. The molecule has 1 aliphatic rings. The van der Waals surface area contributed by atoms with Crippen molar-refractivity contribution in [3.63, 3.8) is 0 Å². The van der Waals surface area contributed by atoms with E-state index in [-0.39, 0.29) is 28.0 Å². The fourth-order valence-electron chi connectivity index (χ4n) is 4.72. The highest BCUT2D eigenvalue weighted by atomic mass is 19.3. The minimum atomic E-state index is -3.16. The Morgan fingerprint density at radius 3 is 2.29 bits per heavy atom. The molecule has 0 aliphatic heterocycles. The van der Waals surface area contributed by atoms with Crippen molar-refractivity contribution < 1.29 is 26.7 Å². The van der Waals surface area contributed by atoms with Crippen LogP contribution in [0, 0.1) is 41.1 Å². The summed E-state index contributed by atoms with van der Waals surface area (Å²) in [6.45, 7) is -0.969. The molecule has 178 valence electrons. The van der Waals surface area contributed by atoms with Crippen LogP contribution in [0.15, 0.2) is 42.5 Å². The van der Waals surface area contributed by atoms with Crippen LogP contribution in [0.4, 0.5) is 22.0 Å². The normalized spacial score (nSPS) is 18.1. The molecule has 1 saturated carbocycles. The highest BCUT2D eigenvalue weighted by Crippen LogP contribution is 2.34. The van der Waals surface area contributed by atoms with Crippen LogP contribution in [0.3, 0.4) is 0 Å². The Morgan fingerprint density at radius 1 is 0.941 bits per heavy atom. The van der Waals surface area contributed by atoms with E-state index < -0.39 is 29.8 Å². The molecular formula is C28H25F5O. The minimum Gasteiger partial charge on any atom is -0.432 e. The Bertz CT molecular complexity index is 1210. The average Bonchev–Trinajstić information content (AvgIpc) is 2.80. The van der Waals surface area contributed by atoms with Gasteiger partial charge in [0.1, 0.15) is 11.6 Å². The van der Waals surface area contributed by atoms with Gasteiger partial charge in [0.05, 0.1) is 5.56 Å². The lowest BCUT2D eigenvalue weighted by atomic mass is 9.80. The van der Waals surface area contributed by atoms with Gasteiger partial charge in [-0.15, -0.1) is 0 Å². The Labute approximate surface area is 195 Å². The van der Waals surface area contributed by atoms with Gasteiger partial charge in [0.15, 0.2) is 11.6 Å². The summed E-state index contributed by atoms with van der Waals surface area (Å²) in [6, 6.07) is 8.89. The molecule has 0 aromatic heterocycles. The van der Waals surface area contributed by atoms with Crippen LogP contribution in [0.5, 0.6) is 5.75 Å². The quantitative estimate of drug-likeness (QED) is 0.267. The van der Waals surface area contributed by atoms with Crippen molar-refractivity contribution in [3.05, 3.63) is 65.5 Å². The van der Waals surface area contributed by atoms with Crippen LogP contribution in [0.2, 0.25) is 0 Å². The highest BCUT2D eigenvalue weighted by Gasteiger charge is 2.20. The molecular weight excluding hydrogens is 447 g/mol. The molecule has 0 heterocycles. The molecule has 0 atom stereocenters. The van der Waals surface area contributed by atoms with Crippen LogP contribution in [0.1, 0.15) is 51.0 Å². The van der Waals surface area contributed by atoms with Gasteiger partial charge in [-0.3, -0.25) is 0 Å². The molecule has 1 aliphatic carbocycles. The van der Waals surface area contributed by atoms with Gasteiger partial charge in [-0.2, -0.15) is 8.78 Å². The van der Waals surface area contributed by atoms with Gasteiger partial charge >= 0.3 is 6.61 Å². The lowest BCUT2D eigenvalue weighted by Crippen LogP contribution is -2.13. The third-order valence-electron chi connectivity index (χ3n) is 6.43. The predicted octanol–water partition coefficient (Wildman–Crippen LogP) is 8.48. The van der Waals surface area contributed by atoms with Crippen LogP contribution in [-0.2, 0) is 0 Å². The van der Waals surface area contributed by atoms with E-state index in [9.17, 15) is 22.0 Å². The van der Waals surface area contributed by atoms with Gasteiger partial charge < -0.3 is 4.74 Å². The Kier molecular flexibility index (Phi) is 7.41. The molecule has 0 radical (unpaired) electrons. The Balaban J connectivity index is 1.57. The van der Waals surface area contributed by atoms with Gasteiger partial charge in [0.25, 0.3) is 0 Å². The molecule has 6 heteroatoms. The maximum absolute atomic E-state index is 14.9. The van der Waals surface area contributed by atoms with Crippen molar-refractivity contribution >= 4 is 10.8 Å². The second-order valence-electron chi connectivity index (χ2n) is 8.78. The van der Waals surface area contributed by atoms with E-state index in [1.54, 1.807) is 0 Å². The van der Waals surface area contributed by atoms with Crippen molar-refractivity contribution in [1.82, 2.24) is 0 Å². The third-order valence-corrected chi connectivity index (χ3v) is 6.43. The maximum Gasteiger partial charge on any atom is 0.387 e. The zero-order valence-electron chi connectivity index (χ0n) is 18.8. The molecule has 4 rings (SSSR count).